The summed E-state index contributed by atoms with van der Waals surface area (Å²) < 4.78 is 5.18. The molecule has 0 spiro atoms. The first-order valence-corrected chi connectivity index (χ1v) is 9.39. The van der Waals surface area contributed by atoms with E-state index in [9.17, 15) is 4.79 Å². The van der Waals surface area contributed by atoms with E-state index in [1.54, 1.807) is 18.7 Å². The van der Waals surface area contributed by atoms with Gasteiger partial charge in [-0.05, 0) is 31.6 Å². The van der Waals surface area contributed by atoms with Crippen LogP contribution in [0.3, 0.4) is 0 Å². The number of unbranched alkanes of at least 4 members (excludes halogenated alkanes) is 1. The molecule has 0 bridgehead atoms. The summed E-state index contributed by atoms with van der Waals surface area (Å²) in [6, 6.07) is 0. The molecule has 22 heavy (non-hydrogen) atoms. The van der Waals surface area contributed by atoms with Gasteiger partial charge in [-0.3, -0.25) is 4.79 Å². The lowest BCUT2D eigenvalue weighted by atomic mass is 9.89. The van der Waals surface area contributed by atoms with E-state index in [0.717, 1.165) is 25.7 Å². The van der Waals surface area contributed by atoms with Crippen LogP contribution in [0, 0.1) is 5.92 Å². The van der Waals surface area contributed by atoms with Crippen molar-refractivity contribution in [1.82, 2.24) is 4.90 Å². The van der Waals surface area contributed by atoms with Gasteiger partial charge in [-0.1, -0.05) is 32.6 Å². The molecule has 2 atom stereocenters. The molecule has 0 saturated heterocycles. The van der Waals surface area contributed by atoms with Crippen molar-refractivity contribution in [2.24, 2.45) is 5.92 Å². The third kappa shape index (κ3) is 7.05. The highest BCUT2D eigenvalue weighted by atomic mass is 32.2. The van der Waals surface area contributed by atoms with Gasteiger partial charge in [0.2, 0.25) is 0 Å². The monoisotopic (exact) mass is 329 g/mol. The molecule has 4 nitrogen and oxygen atoms in total. The highest BCUT2D eigenvalue weighted by Crippen LogP contribution is 2.25. The molecule has 2 unspecified atom stereocenters. The highest BCUT2D eigenvalue weighted by molar-refractivity contribution is 8.02. The summed E-state index contributed by atoms with van der Waals surface area (Å²) in [5.74, 6) is 0.263. The lowest BCUT2D eigenvalue weighted by Gasteiger charge is -2.21. The van der Waals surface area contributed by atoms with Crippen LogP contribution in [0.2, 0.25) is 0 Å². The van der Waals surface area contributed by atoms with Crippen molar-refractivity contribution in [2.75, 3.05) is 13.7 Å². The number of carbonyl (C=O) groups excluding carboxylic acids is 1. The number of nitrogens with zero attached hydrogens (tertiary/aromatic N) is 1. The standard InChI is InChI=1S/C11H20O2.C6H11NOS/c1-2-3-9-13-11(12)10-7-5-4-6-8-10;1-5(8)6-7(2)3-4-9-6/h10H,2-9H2,1H3;3-6,8H,1-2H3. The van der Waals surface area contributed by atoms with Gasteiger partial charge in [0, 0.05) is 13.2 Å². The fourth-order valence-electron chi connectivity index (χ4n) is 2.62. The van der Waals surface area contributed by atoms with Crippen LogP contribution in [0.25, 0.3) is 0 Å². The molecule has 1 N–H and O–H groups in total. The van der Waals surface area contributed by atoms with Crippen molar-refractivity contribution in [2.45, 2.75) is 70.3 Å². The molecule has 1 saturated carbocycles. The first-order valence-electron chi connectivity index (χ1n) is 8.45. The summed E-state index contributed by atoms with van der Waals surface area (Å²) in [7, 11) is 1.97. The maximum Gasteiger partial charge on any atom is 0.308 e. The molecule has 1 aliphatic heterocycles. The highest BCUT2D eigenvalue weighted by Gasteiger charge is 2.22. The molecule has 0 amide bonds. The minimum atomic E-state index is -0.255. The molecule has 5 heteroatoms. The normalized spacial score (nSPS) is 22.9. The van der Waals surface area contributed by atoms with Crippen LogP contribution < -0.4 is 0 Å². The third-order valence-corrected chi connectivity index (χ3v) is 5.29. The molecule has 1 fully saturated rings. The number of aliphatic hydroxyl groups excluding tert-OH is 1. The lowest BCUT2D eigenvalue weighted by Crippen LogP contribution is -2.30. The van der Waals surface area contributed by atoms with Crippen LogP contribution >= 0.6 is 11.8 Å². The Morgan fingerprint density at radius 1 is 1.41 bits per heavy atom. The van der Waals surface area contributed by atoms with E-state index in [0.29, 0.717) is 6.61 Å². The van der Waals surface area contributed by atoms with Crippen LogP contribution in [-0.4, -0.2) is 41.1 Å². The quantitative estimate of drug-likeness (QED) is 0.615. The minimum Gasteiger partial charge on any atom is -0.465 e. The topological polar surface area (TPSA) is 49.8 Å². The van der Waals surface area contributed by atoms with Gasteiger partial charge in [0.15, 0.2) is 0 Å². The van der Waals surface area contributed by atoms with Crippen molar-refractivity contribution in [3.63, 3.8) is 0 Å². The molecule has 128 valence electrons. The van der Waals surface area contributed by atoms with Gasteiger partial charge in [-0.15, -0.1) is 11.8 Å². The van der Waals surface area contributed by atoms with E-state index >= 15 is 0 Å². The molecule has 0 aromatic heterocycles. The van der Waals surface area contributed by atoms with Crippen LogP contribution in [0.15, 0.2) is 11.6 Å². The zero-order valence-corrected chi connectivity index (χ0v) is 15.0. The number of hydrogen-bond acceptors (Lipinski definition) is 5. The Hall–Kier alpha value is -0.680. The number of ether oxygens (including phenoxy) is 1. The van der Waals surface area contributed by atoms with Crippen molar-refractivity contribution in [3.05, 3.63) is 11.6 Å². The predicted molar refractivity (Wildman–Crippen MR) is 92.4 cm³/mol. The number of esters is 1. The number of carbonyl (C=O) groups is 1. The van der Waals surface area contributed by atoms with E-state index in [-0.39, 0.29) is 23.4 Å². The van der Waals surface area contributed by atoms with Crippen LogP contribution in [0.1, 0.15) is 58.8 Å². The smallest absolute Gasteiger partial charge is 0.308 e. The van der Waals surface area contributed by atoms with E-state index in [1.165, 1.54) is 19.3 Å². The fraction of sp³-hybridized carbons (Fsp3) is 0.824. The average molecular weight is 330 g/mol. The Kier molecular flexibility index (Phi) is 9.64. The molecule has 0 radical (unpaired) electrons. The second-order valence-electron chi connectivity index (χ2n) is 6.07. The van der Waals surface area contributed by atoms with E-state index < -0.39 is 0 Å². The Morgan fingerprint density at radius 3 is 2.55 bits per heavy atom. The summed E-state index contributed by atoms with van der Waals surface area (Å²) >= 11 is 1.65. The molecule has 0 aromatic rings. The Bertz CT molecular complexity index is 341. The minimum absolute atomic E-state index is 0.0492. The van der Waals surface area contributed by atoms with Gasteiger partial charge < -0.3 is 14.7 Å². The van der Waals surface area contributed by atoms with Gasteiger partial charge in [-0.2, -0.15) is 0 Å². The van der Waals surface area contributed by atoms with E-state index in [2.05, 4.69) is 6.92 Å². The van der Waals surface area contributed by atoms with E-state index in [1.807, 2.05) is 23.6 Å². The van der Waals surface area contributed by atoms with Crippen molar-refractivity contribution >= 4 is 17.7 Å². The lowest BCUT2D eigenvalue weighted by molar-refractivity contribution is -0.149. The molecular weight excluding hydrogens is 298 g/mol. The summed E-state index contributed by atoms with van der Waals surface area (Å²) in [6.45, 7) is 4.53. The van der Waals surface area contributed by atoms with Gasteiger partial charge >= 0.3 is 5.97 Å². The molecular formula is C17H31NO3S. The molecule has 0 aromatic carbocycles. The maximum atomic E-state index is 11.5. The van der Waals surface area contributed by atoms with Crippen LogP contribution in [0.4, 0.5) is 0 Å². The number of aliphatic hydroxyl groups is 1. The van der Waals surface area contributed by atoms with Crippen molar-refractivity contribution < 1.29 is 14.6 Å². The predicted octanol–water partition coefficient (Wildman–Crippen LogP) is 3.75. The van der Waals surface area contributed by atoms with Gasteiger partial charge in [0.25, 0.3) is 0 Å². The zero-order chi connectivity index (χ0) is 16.4. The van der Waals surface area contributed by atoms with Crippen molar-refractivity contribution in [1.29, 1.82) is 0 Å². The third-order valence-electron chi connectivity index (χ3n) is 4.01. The zero-order valence-electron chi connectivity index (χ0n) is 14.2. The van der Waals surface area contributed by atoms with Crippen LogP contribution in [-0.2, 0) is 9.53 Å². The van der Waals surface area contributed by atoms with Gasteiger partial charge in [0.05, 0.1) is 18.6 Å². The second kappa shape index (κ2) is 10.9. The summed E-state index contributed by atoms with van der Waals surface area (Å²) in [5.41, 5.74) is 0. The second-order valence-corrected chi connectivity index (χ2v) is 7.10. The Labute approximate surface area is 139 Å². The Balaban J connectivity index is 0.000000235. The van der Waals surface area contributed by atoms with Crippen molar-refractivity contribution in [3.8, 4) is 0 Å². The van der Waals surface area contributed by atoms with Gasteiger partial charge in [0.1, 0.15) is 5.37 Å². The molecule has 1 heterocycles. The van der Waals surface area contributed by atoms with E-state index in [4.69, 9.17) is 9.84 Å². The number of hydrogen-bond donors (Lipinski definition) is 1. The summed E-state index contributed by atoms with van der Waals surface area (Å²) in [5, 5.41) is 11.3. The first-order chi connectivity index (χ1) is 10.6. The van der Waals surface area contributed by atoms with Crippen LogP contribution in [0.5, 0.6) is 0 Å². The molecule has 2 aliphatic rings. The summed E-state index contributed by atoms with van der Waals surface area (Å²) in [6.07, 6.45) is 9.60. The SMILES string of the molecule is CC(O)C1SC=CN1C.CCCCOC(=O)C1CCCCC1. The maximum absolute atomic E-state index is 11.5. The largest absolute Gasteiger partial charge is 0.465 e. The number of likely N-dealkylation sites (N-methyl/N-ethyl adjacent to an activating group) is 1. The number of rotatable bonds is 5. The number of thioether (sulfide) groups is 1. The first kappa shape index (κ1) is 19.4. The Morgan fingerprint density at radius 2 is 2.09 bits per heavy atom. The molecule has 2 rings (SSSR count). The molecule has 1 aliphatic carbocycles. The summed E-state index contributed by atoms with van der Waals surface area (Å²) in [4.78, 5) is 13.5. The van der Waals surface area contributed by atoms with Gasteiger partial charge in [-0.25, -0.2) is 0 Å². The fourth-order valence-corrected chi connectivity index (χ4v) is 3.53. The average Bonchev–Trinajstić information content (AvgIpc) is 2.95.